The van der Waals surface area contributed by atoms with E-state index in [4.69, 9.17) is 5.73 Å². The highest BCUT2D eigenvalue weighted by Gasteiger charge is 2.22. The zero-order chi connectivity index (χ0) is 23.2. The maximum Gasteiger partial charge on any atom is 0.252 e. The minimum atomic E-state index is -0.521. The molecule has 0 unspecified atom stereocenters. The largest absolute Gasteiger partial charge is 0.365 e. The number of nitrogens with two attached hydrogens (primary N) is 1. The zero-order valence-corrected chi connectivity index (χ0v) is 18.5. The van der Waals surface area contributed by atoms with Gasteiger partial charge in [0.25, 0.3) is 5.91 Å². The molecule has 0 radical (unpaired) electrons. The number of rotatable bonds is 4. The second-order valence-corrected chi connectivity index (χ2v) is 8.26. The number of benzene rings is 4. The van der Waals surface area contributed by atoms with Crippen LogP contribution in [0.1, 0.15) is 16.2 Å². The van der Waals surface area contributed by atoms with Gasteiger partial charge in [-0.25, -0.2) is 9.97 Å². The lowest BCUT2D eigenvalue weighted by Gasteiger charge is -2.18. The molecule has 164 valence electrons. The van der Waals surface area contributed by atoms with Gasteiger partial charge in [0.05, 0.1) is 22.3 Å². The molecule has 0 bridgehead atoms. The summed E-state index contributed by atoms with van der Waals surface area (Å²) in [7, 11) is 0. The summed E-state index contributed by atoms with van der Waals surface area (Å²) in [5.41, 5.74) is 11.3. The number of H-pyrrole nitrogens is 1. The molecule has 0 aliphatic heterocycles. The van der Waals surface area contributed by atoms with Crippen LogP contribution in [-0.4, -0.2) is 20.9 Å². The van der Waals surface area contributed by atoms with E-state index in [1.807, 2.05) is 85.8 Å². The number of hydrogen-bond acceptors (Lipinski definition) is 4. The molecule has 1 amide bonds. The highest BCUT2D eigenvalue weighted by molar-refractivity contribution is 6.20. The fraction of sp³-hybridized carbons (Fsp3) is 0.0357. The van der Waals surface area contributed by atoms with E-state index in [9.17, 15) is 4.79 Å². The number of anilines is 2. The van der Waals surface area contributed by atoms with E-state index in [0.717, 1.165) is 38.3 Å². The van der Waals surface area contributed by atoms with Gasteiger partial charge in [-0.2, -0.15) is 0 Å². The van der Waals surface area contributed by atoms with Crippen LogP contribution in [0.25, 0.3) is 43.8 Å². The van der Waals surface area contributed by atoms with Gasteiger partial charge in [-0.15, -0.1) is 0 Å². The summed E-state index contributed by atoms with van der Waals surface area (Å²) in [6.45, 7) is 1.85. The number of aromatic amines is 1. The van der Waals surface area contributed by atoms with Crippen LogP contribution in [0, 0.1) is 6.92 Å². The van der Waals surface area contributed by atoms with Crippen molar-refractivity contribution >= 4 is 50.1 Å². The third kappa shape index (κ3) is 3.16. The normalized spacial score (nSPS) is 11.3. The van der Waals surface area contributed by atoms with Gasteiger partial charge in [-0.05, 0) is 36.8 Å². The number of hydrogen-bond donors (Lipinski definition) is 3. The topological polar surface area (TPSA) is 96.7 Å². The number of amides is 1. The van der Waals surface area contributed by atoms with Gasteiger partial charge in [0.15, 0.2) is 0 Å². The SMILES string of the molecule is Cc1nc(Nc2c(-c3ccccc3)cc3c([nH]c4ccccc43)c2C(N)=O)c2ccccc2n1. The molecular weight excluding hydrogens is 422 g/mol. The van der Waals surface area contributed by atoms with Crippen molar-refractivity contribution in [2.24, 2.45) is 5.73 Å². The number of aryl methyl sites for hydroxylation is 1. The van der Waals surface area contributed by atoms with Crippen molar-refractivity contribution in [2.75, 3.05) is 5.32 Å². The average Bonchev–Trinajstić information content (AvgIpc) is 3.22. The molecule has 0 fully saturated rings. The molecule has 4 aromatic carbocycles. The van der Waals surface area contributed by atoms with Gasteiger partial charge in [0, 0.05) is 27.2 Å². The fourth-order valence-electron chi connectivity index (χ4n) is 4.61. The Balaban J connectivity index is 1.71. The monoisotopic (exact) mass is 443 g/mol. The predicted molar refractivity (Wildman–Crippen MR) is 137 cm³/mol. The van der Waals surface area contributed by atoms with E-state index >= 15 is 0 Å². The average molecular weight is 444 g/mol. The molecule has 0 saturated heterocycles. The fourth-order valence-corrected chi connectivity index (χ4v) is 4.61. The quantitative estimate of drug-likeness (QED) is 0.307. The summed E-state index contributed by atoms with van der Waals surface area (Å²) in [5, 5.41) is 6.31. The summed E-state index contributed by atoms with van der Waals surface area (Å²) in [6, 6.07) is 27.9. The minimum Gasteiger partial charge on any atom is -0.365 e. The van der Waals surface area contributed by atoms with Crippen molar-refractivity contribution in [2.45, 2.75) is 6.92 Å². The van der Waals surface area contributed by atoms with Crippen molar-refractivity contribution < 1.29 is 4.79 Å². The molecule has 0 spiro atoms. The molecule has 0 aliphatic carbocycles. The second-order valence-electron chi connectivity index (χ2n) is 8.26. The molecule has 0 aliphatic rings. The van der Waals surface area contributed by atoms with E-state index in [1.165, 1.54) is 0 Å². The van der Waals surface area contributed by atoms with Crippen molar-refractivity contribution in [3.8, 4) is 11.1 Å². The molecule has 0 saturated carbocycles. The van der Waals surface area contributed by atoms with E-state index < -0.39 is 5.91 Å². The highest BCUT2D eigenvalue weighted by atomic mass is 16.1. The molecule has 4 N–H and O–H groups in total. The van der Waals surface area contributed by atoms with Crippen LogP contribution < -0.4 is 11.1 Å². The first-order valence-corrected chi connectivity index (χ1v) is 11.0. The number of nitrogens with one attached hydrogen (secondary N) is 2. The Labute approximate surface area is 195 Å². The molecule has 2 aromatic heterocycles. The van der Waals surface area contributed by atoms with E-state index in [2.05, 4.69) is 26.3 Å². The molecular formula is C28H21N5O. The van der Waals surface area contributed by atoms with Gasteiger partial charge in [-0.1, -0.05) is 60.7 Å². The van der Waals surface area contributed by atoms with Crippen LogP contribution in [0.5, 0.6) is 0 Å². The number of fused-ring (bicyclic) bond motifs is 4. The Bertz CT molecular complexity index is 1720. The van der Waals surface area contributed by atoms with Gasteiger partial charge in [0.1, 0.15) is 11.6 Å². The predicted octanol–water partition coefficient (Wildman–Crippen LogP) is 6.08. The van der Waals surface area contributed by atoms with Crippen molar-refractivity contribution in [1.82, 2.24) is 15.0 Å². The number of nitrogens with zero attached hydrogens (tertiary/aromatic N) is 2. The van der Waals surface area contributed by atoms with Crippen molar-refractivity contribution in [3.63, 3.8) is 0 Å². The first-order valence-electron chi connectivity index (χ1n) is 11.0. The molecule has 6 aromatic rings. The van der Waals surface area contributed by atoms with Crippen LogP contribution in [-0.2, 0) is 0 Å². The lowest BCUT2D eigenvalue weighted by Crippen LogP contribution is -2.15. The maximum absolute atomic E-state index is 12.9. The van der Waals surface area contributed by atoms with Crippen molar-refractivity contribution in [1.29, 1.82) is 0 Å². The zero-order valence-electron chi connectivity index (χ0n) is 18.5. The first kappa shape index (κ1) is 19.9. The van der Waals surface area contributed by atoms with Gasteiger partial charge >= 0.3 is 0 Å². The Morgan fingerprint density at radius 3 is 2.35 bits per heavy atom. The Kier molecular flexibility index (Phi) is 4.52. The number of carbonyl (C=O) groups is 1. The molecule has 34 heavy (non-hydrogen) atoms. The Hall–Kier alpha value is -4.71. The van der Waals surface area contributed by atoms with Crippen LogP contribution in [0.2, 0.25) is 0 Å². The van der Waals surface area contributed by atoms with E-state index in [-0.39, 0.29) is 0 Å². The van der Waals surface area contributed by atoms with E-state index in [0.29, 0.717) is 28.4 Å². The van der Waals surface area contributed by atoms with Crippen LogP contribution >= 0.6 is 0 Å². The van der Waals surface area contributed by atoms with Gasteiger partial charge in [0.2, 0.25) is 0 Å². The standard InChI is InChI=1S/C28H21N5O/c1-16-30-23-14-8-6-12-19(23)28(31-16)33-25-20(17-9-3-2-4-10-17)15-21-18-11-5-7-13-22(18)32-26(21)24(25)27(29)34/h2-15,32H,1H3,(H2,29,34)(H,30,31,33). The van der Waals surface area contributed by atoms with Crippen LogP contribution in [0.15, 0.2) is 84.9 Å². The lowest BCUT2D eigenvalue weighted by atomic mass is 9.95. The summed E-state index contributed by atoms with van der Waals surface area (Å²) >= 11 is 0. The maximum atomic E-state index is 12.9. The van der Waals surface area contributed by atoms with Crippen LogP contribution in [0.4, 0.5) is 11.5 Å². The number of carbonyl (C=O) groups excluding carboxylic acids is 1. The summed E-state index contributed by atoms with van der Waals surface area (Å²) in [4.78, 5) is 25.6. The third-order valence-corrected chi connectivity index (χ3v) is 6.09. The number of aromatic nitrogens is 3. The summed E-state index contributed by atoms with van der Waals surface area (Å²) < 4.78 is 0. The summed E-state index contributed by atoms with van der Waals surface area (Å²) in [6.07, 6.45) is 0. The number of primary amides is 1. The van der Waals surface area contributed by atoms with E-state index in [1.54, 1.807) is 0 Å². The third-order valence-electron chi connectivity index (χ3n) is 6.09. The smallest absolute Gasteiger partial charge is 0.252 e. The van der Waals surface area contributed by atoms with Crippen LogP contribution in [0.3, 0.4) is 0 Å². The molecule has 6 rings (SSSR count). The Morgan fingerprint density at radius 1 is 0.853 bits per heavy atom. The molecule has 2 heterocycles. The molecule has 6 heteroatoms. The van der Waals surface area contributed by atoms with Crippen molar-refractivity contribution in [3.05, 3.63) is 96.3 Å². The second kappa shape index (κ2) is 7.71. The molecule has 0 atom stereocenters. The summed E-state index contributed by atoms with van der Waals surface area (Å²) in [5.74, 6) is 0.736. The highest BCUT2D eigenvalue weighted by Crippen LogP contribution is 2.41. The Morgan fingerprint density at radius 2 is 1.56 bits per heavy atom. The van der Waals surface area contributed by atoms with Gasteiger partial charge in [-0.3, -0.25) is 4.79 Å². The minimum absolute atomic E-state index is 0.396. The van der Waals surface area contributed by atoms with Gasteiger partial charge < -0.3 is 16.0 Å². The number of para-hydroxylation sites is 2. The molecule has 6 nitrogen and oxygen atoms in total. The first-order chi connectivity index (χ1) is 16.6. The lowest BCUT2D eigenvalue weighted by molar-refractivity contribution is 0.100.